The number of nitrogens with zero attached hydrogens (tertiary/aromatic N) is 1. The molecule has 0 aliphatic carbocycles. The Morgan fingerprint density at radius 2 is 1.90 bits per heavy atom. The van der Waals surface area contributed by atoms with Gasteiger partial charge in [-0.1, -0.05) is 11.6 Å². The second-order valence-corrected chi connectivity index (χ2v) is 5.97. The highest BCUT2D eigenvalue weighted by Gasteiger charge is 2.12. The van der Waals surface area contributed by atoms with Crippen LogP contribution in [0.5, 0.6) is 11.5 Å². The third kappa shape index (κ3) is 2.21. The van der Waals surface area contributed by atoms with Gasteiger partial charge in [0, 0.05) is 5.02 Å². The van der Waals surface area contributed by atoms with E-state index >= 15 is 0 Å². The number of aromatic nitrogens is 1. The summed E-state index contributed by atoms with van der Waals surface area (Å²) >= 11 is 7.59. The van der Waals surface area contributed by atoms with Crippen LogP contribution in [0.4, 0.5) is 5.69 Å². The van der Waals surface area contributed by atoms with Crippen LogP contribution in [0.3, 0.4) is 0 Å². The van der Waals surface area contributed by atoms with E-state index in [1.54, 1.807) is 16.8 Å². The SMILES string of the molecule is Cc1cc(Cl)cc(C)c1Oc1ccc2scnc2c1N. The van der Waals surface area contributed by atoms with Crippen molar-refractivity contribution in [3.05, 3.63) is 45.9 Å². The van der Waals surface area contributed by atoms with E-state index < -0.39 is 0 Å². The maximum atomic E-state index is 6.13. The molecule has 2 N–H and O–H groups in total. The highest BCUT2D eigenvalue weighted by molar-refractivity contribution is 7.16. The molecule has 0 radical (unpaired) electrons. The number of benzene rings is 2. The monoisotopic (exact) mass is 304 g/mol. The number of halogens is 1. The summed E-state index contributed by atoms with van der Waals surface area (Å²) < 4.78 is 7.04. The van der Waals surface area contributed by atoms with Crippen LogP contribution in [-0.2, 0) is 0 Å². The Balaban J connectivity index is 2.07. The van der Waals surface area contributed by atoms with Gasteiger partial charge in [0.05, 0.1) is 10.2 Å². The number of rotatable bonds is 2. The third-order valence-electron chi connectivity index (χ3n) is 3.14. The summed E-state index contributed by atoms with van der Waals surface area (Å²) in [5, 5.41) is 0.704. The first kappa shape index (κ1) is 13.2. The Labute approximate surface area is 126 Å². The lowest BCUT2D eigenvalue weighted by Crippen LogP contribution is -1.96. The van der Waals surface area contributed by atoms with Gasteiger partial charge in [-0.15, -0.1) is 11.3 Å². The molecular formula is C15H13ClN2OS. The molecule has 0 fully saturated rings. The van der Waals surface area contributed by atoms with E-state index in [4.69, 9.17) is 22.1 Å². The fraction of sp³-hybridized carbons (Fsp3) is 0.133. The molecule has 3 nitrogen and oxygen atoms in total. The van der Waals surface area contributed by atoms with Crippen molar-refractivity contribution in [2.45, 2.75) is 13.8 Å². The molecule has 5 heteroatoms. The molecule has 20 heavy (non-hydrogen) atoms. The normalized spacial score (nSPS) is 10.9. The summed E-state index contributed by atoms with van der Waals surface area (Å²) in [7, 11) is 0. The Bertz CT molecular complexity index is 775. The summed E-state index contributed by atoms with van der Waals surface area (Å²) in [6.45, 7) is 3.93. The number of aryl methyl sites for hydroxylation is 2. The van der Waals surface area contributed by atoms with E-state index in [9.17, 15) is 0 Å². The minimum Gasteiger partial charge on any atom is -0.455 e. The lowest BCUT2D eigenvalue weighted by atomic mass is 10.1. The Hall–Kier alpha value is -1.78. The Morgan fingerprint density at radius 3 is 2.60 bits per heavy atom. The van der Waals surface area contributed by atoms with Crippen molar-refractivity contribution >= 4 is 38.8 Å². The average Bonchev–Trinajstić information content (AvgIpc) is 2.85. The minimum atomic E-state index is 0.567. The number of thiazole rings is 1. The molecule has 0 unspecified atom stereocenters. The Kier molecular flexibility index (Phi) is 3.28. The average molecular weight is 305 g/mol. The smallest absolute Gasteiger partial charge is 0.152 e. The molecule has 0 saturated carbocycles. The predicted octanol–water partition coefficient (Wildman–Crippen LogP) is 4.94. The van der Waals surface area contributed by atoms with E-state index in [1.165, 1.54) is 0 Å². The van der Waals surface area contributed by atoms with Crippen LogP contribution in [0.2, 0.25) is 5.02 Å². The summed E-state index contributed by atoms with van der Waals surface area (Å²) in [6, 6.07) is 7.60. The number of fused-ring (bicyclic) bond motifs is 1. The lowest BCUT2D eigenvalue weighted by molar-refractivity contribution is 0.478. The lowest BCUT2D eigenvalue weighted by Gasteiger charge is -2.14. The second kappa shape index (κ2) is 4.96. The maximum Gasteiger partial charge on any atom is 0.152 e. The van der Waals surface area contributed by atoms with Gasteiger partial charge in [0.15, 0.2) is 5.75 Å². The largest absolute Gasteiger partial charge is 0.455 e. The van der Waals surface area contributed by atoms with Crippen molar-refractivity contribution in [2.75, 3.05) is 5.73 Å². The second-order valence-electron chi connectivity index (χ2n) is 4.65. The van der Waals surface area contributed by atoms with Crippen LogP contribution in [0.25, 0.3) is 10.2 Å². The third-order valence-corrected chi connectivity index (χ3v) is 4.15. The number of hydrogen-bond donors (Lipinski definition) is 1. The van der Waals surface area contributed by atoms with Gasteiger partial charge in [-0.05, 0) is 49.2 Å². The molecule has 0 bridgehead atoms. The van der Waals surface area contributed by atoms with E-state index in [0.29, 0.717) is 16.5 Å². The van der Waals surface area contributed by atoms with Crippen LogP contribution in [0, 0.1) is 13.8 Å². The van der Waals surface area contributed by atoms with Crippen LogP contribution in [0.15, 0.2) is 29.8 Å². The van der Waals surface area contributed by atoms with Crippen LogP contribution < -0.4 is 10.5 Å². The summed E-state index contributed by atoms with van der Waals surface area (Å²) in [5.74, 6) is 1.41. The van der Waals surface area contributed by atoms with Crippen molar-refractivity contribution in [3.63, 3.8) is 0 Å². The summed E-state index contributed by atoms with van der Waals surface area (Å²) in [4.78, 5) is 4.27. The molecule has 102 valence electrons. The molecule has 3 aromatic rings. The first-order valence-electron chi connectivity index (χ1n) is 6.12. The zero-order valence-electron chi connectivity index (χ0n) is 11.1. The van der Waals surface area contributed by atoms with Crippen LogP contribution in [0.1, 0.15) is 11.1 Å². The van der Waals surface area contributed by atoms with E-state index in [2.05, 4.69) is 4.98 Å². The van der Waals surface area contributed by atoms with E-state index in [-0.39, 0.29) is 0 Å². The van der Waals surface area contributed by atoms with Crippen LogP contribution >= 0.6 is 22.9 Å². The standard InChI is InChI=1S/C15H13ClN2OS/c1-8-5-10(16)6-9(2)15(8)19-11-3-4-12-14(13(11)17)18-7-20-12/h3-7H,17H2,1-2H3. The Morgan fingerprint density at radius 1 is 1.20 bits per heavy atom. The van der Waals surface area contributed by atoms with Crippen molar-refractivity contribution in [2.24, 2.45) is 0 Å². The first-order valence-corrected chi connectivity index (χ1v) is 7.38. The van der Waals surface area contributed by atoms with Crippen molar-refractivity contribution in [1.29, 1.82) is 0 Å². The number of nitrogen functional groups attached to an aromatic ring is 1. The van der Waals surface area contributed by atoms with Crippen molar-refractivity contribution in [3.8, 4) is 11.5 Å². The molecule has 0 amide bonds. The van der Waals surface area contributed by atoms with Gasteiger partial charge < -0.3 is 10.5 Å². The molecule has 1 heterocycles. The molecule has 0 atom stereocenters. The number of anilines is 1. The summed E-state index contributed by atoms with van der Waals surface area (Å²) in [5.41, 5.74) is 11.2. The van der Waals surface area contributed by atoms with Crippen LogP contribution in [-0.4, -0.2) is 4.98 Å². The number of nitrogens with two attached hydrogens (primary N) is 1. The number of hydrogen-bond acceptors (Lipinski definition) is 4. The molecule has 3 rings (SSSR count). The molecule has 2 aromatic carbocycles. The highest BCUT2D eigenvalue weighted by atomic mass is 35.5. The maximum absolute atomic E-state index is 6.13. The molecule has 0 spiro atoms. The van der Waals surface area contributed by atoms with Gasteiger partial charge in [-0.25, -0.2) is 4.98 Å². The van der Waals surface area contributed by atoms with Crippen molar-refractivity contribution in [1.82, 2.24) is 4.98 Å². The van der Waals surface area contributed by atoms with Gasteiger partial charge in [-0.3, -0.25) is 0 Å². The quantitative estimate of drug-likeness (QED) is 0.682. The minimum absolute atomic E-state index is 0.567. The summed E-state index contributed by atoms with van der Waals surface area (Å²) in [6.07, 6.45) is 0. The molecule has 0 saturated heterocycles. The van der Waals surface area contributed by atoms with E-state index in [1.807, 2.05) is 38.1 Å². The number of ether oxygens (including phenoxy) is 1. The van der Waals surface area contributed by atoms with E-state index in [0.717, 1.165) is 27.1 Å². The molecule has 0 aliphatic heterocycles. The fourth-order valence-corrected chi connectivity index (χ4v) is 3.21. The van der Waals surface area contributed by atoms with Gasteiger partial charge in [-0.2, -0.15) is 0 Å². The fourth-order valence-electron chi connectivity index (χ4n) is 2.19. The predicted molar refractivity (Wildman–Crippen MR) is 85.0 cm³/mol. The molecule has 0 aliphatic rings. The first-order chi connectivity index (χ1) is 9.56. The highest BCUT2D eigenvalue weighted by Crippen LogP contribution is 2.37. The topological polar surface area (TPSA) is 48.1 Å². The van der Waals surface area contributed by atoms with Gasteiger partial charge in [0.2, 0.25) is 0 Å². The molecular weight excluding hydrogens is 292 g/mol. The van der Waals surface area contributed by atoms with Gasteiger partial charge in [0.1, 0.15) is 17.0 Å². The zero-order valence-corrected chi connectivity index (χ0v) is 12.7. The molecule has 1 aromatic heterocycles. The zero-order chi connectivity index (χ0) is 14.3. The van der Waals surface area contributed by atoms with Gasteiger partial charge >= 0.3 is 0 Å². The van der Waals surface area contributed by atoms with Crippen molar-refractivity contribution < 1.29 is 4.74 Å². The van der Waals surface area contributed by atoms with Gasteiger partial charge in [0.25, 0.3) is 0 Å².